The molecule has 0 aliphatic heterocycles. The molecule has 0 N–H and O–H groups in total. The monoisotopic (exact) mass is 257 g/mol. The first-order valence-corrected chi connectivity index (χ1v) is 6.47. The van der Waals surface area contributed by atoms with Crippen LogP contribution in [0.4, 0.5) is 0 Å². The molecule has 0 radical (unpaired) electrons. The summed E-state index contributed by atoms with van der Waals surface area (Å²) in [6, 6.07) is 2.15. The van der Waals surface area contributed by atoms with Gasteiger partial charge in [-0.2, -0.15) is 5.26 Å². The van der Waals surface area contributed by atoms with Crippen LogP contribution < -0.4 is 56.5 Å². The van der Waals surface area contributed by atoms with Gasteiger partial charge >= 0.3 is 51.4 Å². The minimum Gasteiger partial charge on any atom is -0.848 e. The Kier molecular flexibility index (Phi) is 3.66. The second-order valence-electron chi connectivity index (χ2n) is 7.30. The standard InChI is InChI=1S/C14H20NO.K/c1-12-5-10-7-13(2,9-12)8-11(6-12)14(10,16)3-4-15;/h10-11H,3,5-9H2,1-2H3;/q-1;+1. The van der Waals surface area contributed by atoms with Gasteiger partial charge in [-0.15, -0.1) is 0 Å². The van der Waals surface area contributed by atoms with Gasteiger partial charge in [0.1, 0.15) is 0 Å². The molecule has 0 aromatic rings. The average Bonchev–Trinajstić information content (AvgIpc) is 2.11. The maximum atomic E-state index is 12.9. The minimum atomic E-state index is -0.909. The second kappa shape index (κ2) is 4.29. The van der Waals surface area contributed by atoms with Crippen LogP contribution in [0, 0.1) is 34.0 Å². The third-order valence-electron chi connectivity index (χ3n) is 5.55. The van der Waals surface area contributed by atoms with Gasteiger partial charge in [0, 0.05) is 6.42 Å². The molecule has 0 aromatic heterocycles. The molecule has 0 amide bonds. The van der Waals surface area contributed by atoms with Crippen molar-refractivity contribution in [1.29, 1.82) is 5.26 Å². The Morgan fingerprint density at radius 1 is 1.12 bits per heavy atom. The van der Waals surface area contributed by atoms with E-state index in [1.807, 2.05) is 0 Å². The van der Waals surface area contributed by atoms with Crippen LogP contribution in [0.5, 0.6) is 0 Å². The van der Waals surface area contributed by atoms with E-state index in [1.54, 1.807) is 0 Å². The Balaban J connectivity index is 0.00000108. The number of nitrogens with zero attached hydrogens (tertiary/aromatic N) is 1. The predicted molar refractivity (Wildman–Crippen MR) is 59.2 cm³/mol. The first-order valence-electron chi connectivity index (χ1n) is 6.47. The molecular weight excluding hydrogens is 237 g/mol. The smallest absolute Gasteiger partial charge is 0.848 e. The van der Waals surface area contributed by atoms with Crippen LogP contribution in [0.3, 0.4) is 0 Å². The Morgan fingerprint density at radius 2 is 1.53 bits per heavy atom. The molecule has 3 heteroatoms. The maximum absolute atomic E-state index is 12.9. The van der Waals surface area contributed by atoms with Crippen molar-refractivity contribution in [2.75, 3.05) is 0 Å². The number of nitriles is 1. The largest absolute Gasteiger partial charge is 1.00 e. The van der Waals surface area contributed by atoms with Crippen LogP contribution in [0.1, 0.15) is 52.4 Å². The molecule has 0 unspecified atom stereocenters. The average molecular weight is 257 g/mol. The SMILES string of the molecule is CC12CC3CC(C)(CC(C1)C3([O-])CC#N)C2.[K+]. The zero-order valence-corrected chi connectivity index (χ0v) is 14.4. The van der Waals surface area contributed by atoms with Crippen LogP contribution in [0.2, 0.25) is 0 Å². The molecule has 0 aromatic carbocycles. The fraction of sp³-hybridized carbons (Fsp3) is 0.929. The zero-order chi connectivity index (χ0) is 11.6. The van der Waals surface area contributed by atoms with Crippen molar-refractivity contribution in [3.63, 3.8) is 0 Å². The van der Waals surface area contributed by atoms with Gasteiger partial charge in [0.05, 0.1) is 6.07 Å². The Labute approximate surface area is 147 Å². The van der Waals surface area contributed by atoms with E-state index >= 15 is 0 Å². The van der Waals surface area contributed by atoms with E-state index in [0.717, 1.165) is 25.7 Å². The molecule has 0 saturated heterocycles. The molecule has 88 valence electrons. The third-order valence-corrected chi connectivity index (χ3v) is 5.55. The second-order valence-corrected chi connectivity index (χ2v) is 7.30. The van der Waals surface area contributed by atoms with Crippen LogP contribution in [-0.2, 0) is 0 Å². The molecule has 0 atom stereocenters. The maximum Gasteiger partial charge on any atom is 1.00 e. The van der Waals surface area contributed by atoms with Crippen LogP contribution in [-0.4, -0.2) is 5.60 Å². The van der Waals surface area contributed by atoms with Gasteiger partial charge in [-0.3, -0.25) is 0 Å². The van der Waals surface area contributed by atoms with Gasteiger partial charge < -0.3 is 5.11 Å². The summed E-state index contributed by atoms with van der Waals surface area (Å²) in [5.74, 6) is 0.534. The number of rotatable bonds is 1. The fourth-order valence-electron chi connectivity index (χ4n) is 5.45. The summed E-state index contributed by atoms with van der Waals surface area (Å²) in [6.07, 6.45) is 5.83. The first kappa shape index (κ1) is 14.5. The Bertz CT molecular complexity index is 337. The molecule has 4 saturated carbocycles. The number of hydrogen-bond acceptors (Lipinski definition) is 2. The molecule has 4 aliphatic rings. The van der Waals surface area contributed by atoms with Crippen molar-refractivity contribution < 1.29 is 56.5 Å². The van der Waals surface area contributed by atoms with E-state index in [9.17, 15) is 5.11 Å². The van der Waals surface area contributed by atoms with Crippen molar-refractivity contribution >= 4 is 0 Å². The minimum absolute atomic E-state index is 0. The van der Waals surface area contributed by atoms with Crippen molar-refractivity contribution in [2.24, 2.45) is 22.7 Å². The van der Waals surface area contributed by atoms with Gasteiger partial charge in [-0.1, -0.05) is 19.4 Å². The molecule has 2 nitrogen and oxygen atoms in total. The molecule has 4 aliphatic carbocycles. The van der Waals surface area contributed by atoms with Gasteiger partial charge in [0.15, 0.2) is 0 Å². The van der Waals surface area contributed by atoms with Crippen molar-refractivity contribution in [3.8, 4) is 6.07 Å². The Hall–Kier alpha value is 1.09. The van der Waals surface area contributed by atoms with Gasteiger partial charge in [0.2, 0.25) is 0 Å². The van der Waals surface area contributed by atoms with Gasteiger partial charge in [0.25, 0.3) is 0 Å². The summed E-state index contributed by atoms with van der Waals surface area (Å²) in [7, 11) is 0. The normalized spacial score (nSPS) is 55.2. The summed E-state index contributed by atoms with van der Waals surface area (Å²) >= 11 is 0. The first-order chi connectivity index (χ1) is 7.39. The molecular formula is C14H20KNO. The van der Waals surface area contributed by atoms with Gasteiger partial charge in [-0.25, -0.2) is 0 Å². The summed E-state index contributed by atoms with van der Waals surface area (Å²) in [4.78, 5) is 0. The number of hydrogen-bond donors (Lipinski definition) is 0. The predicted octanol–water partition coefficient (Wildman–Crippen LogP) is -0.761. The molecule has 4 bridgehead atoms. The van der Waals surface area contributed by atoms with Crippen LogP contribution in [0.15, 0.2) is 0 Å². The molecule has 4 rings (SSSR count). The van der Waals surface area contributed by atoms with E-state index in [4.69, 9.17) is 5.26 Å². The molecule has 0 heterocycles. The quantitative estimate of drug-likeness (QED) is 0.580. The Morgan fingerprint density at radius 3 is 1.88 bits per heavy atom. The fourth-order valence-corrected chi connectivity index (χ4v) is 5.45. The van der Waals surface area contributed by atoms with Crippen molar-refractivity contribution in [1.82, 2.24) is 0 Å². The van der Waals surface area contributed by atoms with E-state index in [-0.39, 0.29) is 69.6 Å². The van der Waals surface area contributed by atoms with Crippen LogP contribution in [0.25, 0.3) is 0 Å². The third kappa shape index (κ3) is 2.09. The van der Waals surface area contributed by atoms with E-state index in [1.165, 1.54) is 6.42 Å². The van der Waals surface area contributed by atoms with Crippen LogP contribution >= 0.6 is 0 Å². The van der Waals surface area contributed by atoms with E-state index < -0.39 is 5.60 Å². The zero-order valence-electron chi connectivity index (χ0n) is 11.3. The molecule has 17 heavy (non-hydrogen) atoms. The summed E-state index contributed by atoms with van der Waals surface area (Å²) < 4.78 is 0. The van der Waals surface area contributed by atoms with Crippen molar-refractivity contribution in [3.05, 3.63) is 0 Å². The molecule has 0 spiro atoms. The van der Waals surface area contributed by atoms with E-state index in [2.05, 4.69) is 19.9 Å². The molecule has 4 fully saturated rings. The van der Waals surface area contributed by atoms with Crippen molar-refractivity contribution in [2.45, 2.75) is 58.0 Å². The summed E-state index contributed by atoms with van der Waals surface area (Å²) in [6.45, 7) is 4.71. The topological polar surface area (TPSA) is 46.8 Å². The van der Waals surface area contributed by atoms with E-state index in [0.29, 0.717) is 10.8 Å². The summed E-state index contributed by atoms with van der Waals surface area (Å²) in [5.41, 5.74) is -0.0952. The summed E-state index contributed by atoms with van der Waals surface area (Å²) in [5, 5.41) is 21.8. The van der Waals surface area contributed by atoms with Gasteiger partial charge in [-0.05, 0) is 54.8 Å².